The standard InChI is InChI=1S/C9H12N6O3/c1-2-18-9-13-7(10)12-8(14-9)15-3-5(16)11-6(17)4-15/h2-4H2,1H3,(H,11,16,17)(H2,10,12,13,14). The van der Waals surface area contributed by atoms with Crippen LogP contribution in [0.15, 0.2) is 0 Å². The van der Waals surface area contributed by atoms with E-state index in [-0.39, 0.29) is 31.0 Å². The third kappa shape index (κ3) is 2.62. The van der Waals surface area contributed by atoms with Crippen molar-refractivity contribution in [3.63, 3.8) is 0 Å². The van der Waals surface area contributed by atoms with Crippen molar-refractivity contribution >= 4 is 23.7 Å². The van der Waals surface area contributed by atoms with Gasteiger partial charge in [0.25, 0.3) is 0 Å². The molecule has 18 heavy (non-hydrogen) atoms. The Balaban J connectivity index is 2.26. The number of nitrogens with two attached hydrogens (primary N) is 1. The van der Waals surface area contributed by atoms with E-state index in [1.807, 2.05) is 0 Å². The van der Waals surface area contributed by atoms with E-state index in [9.17, 15) is 9.59 Å². The van der Waals surface area contributed by atoms with Crippen LogP contribution >= 0.6 is 0 Å². The molecule has 0 bridgehead atoms. The van der Waals surface area contributed by atoms with Gasteiger partial charge in [-0.2, -0.15) is 15.0 Å². The van der Waals surface area contributed by atoms with E-state index in [0.29, 0.717) is 6.61 Å². The van der Waals surface area contributed by atoms with E-state index in [1.54, 1.807) is 6.92 Å². The molecular weight excluding hydrogens is 240 g/mol. The lowest BCUT2D eigenvalue weighted by molar-refractivity contribution is -0.130. The van der Waals surface area contributed by atoms with Crippen LogP contribution in [0.4, 0.5) is 11.9 Å². The quantitative estimate of drug-likeness (QED) is 0.611. The predicted octanol–water partition coefficient (Wildman–Crippen LogP) is -1.68. The van der Waals surface area contributed by atoms with Gasteiger partial charge in [0.05, 0.1) is 6.61 Å². The molecule has 0 radical (unpaired) electrons. The molecule has 2 heterocycles. The lowest BCUT2D eigenvalue weighted by atomic mass is 10.3. The molecule has 9 heteroatoms. The van der Waals surface area contributed by atoms with Gasteiger partial charge in [-0.25, -0.2) is 0 Å². The Morgan fingerprint density at radius 1 is 1.28 bits per heavy atom. The van der Waals surface area contributed by atoms with Gasteiger partial charge >= 0.3 is 6.01 Å². The second kappa shape index (κ2) is 4.82. The molecule has 9 nitrogen and oxygen atoms in total. The first-order valence-corrected chi connectivity index (χ1v) is 5.30. The molecule has 0 aromatic carbocycles. The van der Waals surface area contributed by atoms with Crippen LogP contribution in [-0.4, -0.2) is 46.5 Å². The topological polar surface area (TPSA) is 123 Å². The van der Waals surface area contributed by atoms with Gasteiger partial charge in [0.15, 0.2) is 0 Å². The third-order valence-electron chi connectivity index (χ3n) is 2.12. The molecule has 1 aliphatic rings. The number of ether oxygens (including phenoxy) is 1. The molecule has 96 valence electrons. The first-order valence-electron chi connectivity index (χ1n) is 5.30. The number of carbonyl (C=O) groups excluding carboxylic acids is 2. The summed E-state index contributed by atoms with van der Waals surface area (Å²) in [6.45, 7) is 2.13. The van der Waals surface area contributed by atoms with Crippen molar-refractivity contribution in [1.29, 1.82) is 0 Å². The molecule has 0 spiro atoms. The number of nitrogens with zero attached hydrogens (tertiary/aromatic N) is 4. The van der Waals surface area contributed by atoms with Gasteiger partial charge in [-0.15, -0.1) is 0 Å². The minimum Gasteiger partial charge on any atom is -0.464 e. The lowest BCUT2D eigenvalue weighted by Gasteiger charge is -2.25. The summed E-state index contributed by atoms with van der Waals surface area (Å²) >= 11 is 0. The Kier molecular flexibility index (Phi) is 3.22. The van der Waals surface area contributed by atoms with E-state index in [4.69, 9.17) is 10.5 Å². The van der Waals surface area contributed by atoms with Crippen LogP contribution in [0.2, 0.25) is 0 Å². The van der Waals surface area contributed by atoms with E-state index in [0.717, 1.165) is 0 Å². The number of piperazine rings is 1. The van der Waals surface area contributed by atoms with Crippen molar-refractivity contribution in [3.05, 3.63) is 0 Å². The molecule has 0 aliphatic carbocycles. The molecule has 1 aromatic rings. The van der Waals surface area contributed by atoms with Crippen molar-refractivity contribution in [2.45, 2.75) is 6.92 Å². The molecule has 3 N–H and O–H groups in total. The number of rotatable bonds is 3. The number of amides is 2. The highest BCUT2D eigenvalue weighted by Gasteiger charge is 2.25. The summed E-state index contributed by atoms with van der Waals surface area (Å²) < 4.78 is 5.12. The zero-order valence-corrected chi connectivity index (χ0v) is 9.71. The van der Waals surface area contributed by atoms with Crippen molar-refractivity contribution in [2.75, 3.05) is 30.3 Å². The van der Waals surface area contributed by atoms with Gasteiger partial charge in [0.1, 0.15) is 13.1 Å². The minimum atomic E-state index is -0.414. The van der Waals surface area contributed by atoms with Gasteiger partial charge in [-0.1, -0.05) is 0 Å². The Bertz CT molecular complexity index is 475. The van der Waals surface area contributed by atoms with Crippen molar-refractivity contribution < 1.29 is 14.3 Å². The number of aromatic nitrogens is 3. The number of hydrogen-bond acceptors (Lipinski definition) is 8. The summed E-state index contributed by atoms with van der Waals surface area (Å²) in [6.07, 6.45) is 0. The molecule has 0 unspecified atom stereocenters. The smallest absolute Gasteiger partial charge is 0.323 e. The average molecular weight is 252 g/mol. The number of carbonyl (C=O) groups is 2. The van der Waals surface area contributed by atoms with Crippen LogP contribution in [0.25, 0.3) is 0 Å². The number of anilines is 2. The highest BCUT2D eigenvalue weighted by molar-refractivity contribution is 6.02. The monoisotopic (exact) mass is 252 g/mol. The van der Waals surface area contributed by atoms with Crippen LogP contribution in [0.3, 0.4) is 0 Å². The predicted molar refractivity (Wildman–Crippen MR) is 60.8 cm³/mol. The minimum absolute atomic E-state index is 0.0131. The molecule has 2 amide bonds. The SMILES string of the molecule is CCOc1nc(N)nc(N2CC(=O)NC(=O)C2)n1. The summed E-state index contributed by atoms with van der Waals surface area (Å²) in [5, 5.41) is 2.18. The van der Waals surface area contributed by atoms with Crippen molar-refractivity contribution in [3.8, 4) is 6.01 Å². The first kappa shape index (κ1) is 12.0. The number of hydrogen-bond donors (Lipinski definition) is 2. The highest BCUT2D eigenvalue weighted by Crippen LogP contribution is 2.14. The van der Waals surface area contributed by atoms with Crippen molar-refractivity contribution in [2.24, 2.45) is 0 Å². The zero-order valence-electron chi connectivity index (χ0n) is 9.71. The molecule has 1 fully saturated rings. The summed E-state index contributed by atoms with van der Waals surface area (Å²) in [4.78, 5) is 35.5. The highest BCUT2D eigenvalue weighted by atomic mass is 16.5. The summed E-state index contributed by atoms with van der Waals surface area (Å²) in [5.74, 6) is -0.706. The molecular formula is C9H12N6O3. The molecule has 1 saturated heterocycles. The van der Waals surface area contributed by atoms with E-state index >= 15 is 0 Å². The summed E-state index contributed by atoms with van der Waals surface area (Å²) in [6, 6.07) is 0.0680. The fourth-order valence-electron chi connectivity index (χ4n) is 1.47. The first-order chi connectivity index (χ1) is 8.58. The van der Waals surface area contributed by atoms with Gasteiger partial charge in [0, 0.05) is 0 Å². The van der Waals surface area contributed by atoms with Crippen LogP contribution in [0, 0.1) is 0 Å². The number of imide groups is 1. The maximum atomic E-state index is 11.2. The van der Waals surface area contributed by atoms with Crippen LogP contribution in [0.1, 0.15) is 6.92 Å². The maximum absolute atomic E-state index is 11.2. The van der Waals surface area contributed by atoms with E-state index in [1.165, 1.54) is 4.90 Å². The zero-order chi connectivity index (χ0) is 13.1. The van der Waals surface area contributed by atoms with Crippen LogP contribution < -0.4 is 20.7 Å². The molecule has 2 rings (SSSR count). The van der Waals surface area contributed by atoms with Crippen LogP contribution in [0.5, 0.6) is 6.01 Å². The van der Waals surface area contributed by atoms with Gasteiger partial charge in [0.2, 0.25) is 23.7 Å². The molecule has 1 aliphatic heterocycles. The Morgan fingerprint density at radius 3 is 2.56 bits per heavy atom. The largest absolute Gasteiger partial charge is 0.464 e. The van der Waals surface area contributed by atoms with Crippen molar-refractivity contribution in [1.82, 2.24) is 20.3 Å². The van der Waals surface area contributed by atoms with Gasteiger partial charge in [-0.05, 0) is 6.92 Å². The third-order valence-corrected chi connectivity index (χ3v) is 2.12. The number of nitrogen functional groups attached to an aromatic ring is 1. The normalized spacial score (nSPS) is 15.5. The van der Waals surface area contributed by atoms with Gasteiger partial charge < -0.3 is 15.4 Å². The lowest BCUT2D eigenvalue weighted by Crippen LogP contribution is -2.52. The maximum Gasteiger partial charge on any atom is 0.323 e. The second-order valence-electron chi connectivity index (χ2n) is 3.54. The summed E-state index contributed by atoms with van der Waals surface area (Å²) in [7, 11) is 0. The van der Waals surface area contributed by atoms with Crippen LogP contribution in [-0.2, 0) is 9.59 Å². The molecule has 1 aromatic heterocycles. The van der Waals surface area contributed by atoms with E-state index < -0.39 is 11.8 Å². The molecule has 0 atom stereocenters. The fraction of sp³-hybridized carbons (Fsp3) is 0.444. The van der Waals surface area contributed by atoms with Gasteiger partial charge in [-0.3, -0.25) is 14.9 Å². The Labute approximate surface area is 102 Å². The number of nitrogens with one attached hydrogen (secondary N) is 1. The Morgan fingerprint density at radius 2 is 1.94 bits per heavy atom. The average Bonchev–Trinajstić information content (AvgIpc) is 2.27. The fourth-order valence-corrected chi connectivity index (χ4v) is 1.47. The van der Waals surface area contributed by atoms with E-state index in [2.05, 4.69) is 20.3 Å². The molecule has 0 saturated carbocycles. The Hall–Kier alpha value is -2.45. The second-order valence-corrected chi connectivity index (χ2v) is 3.54. The summed E-state index contributed by atoms with van der Waals surface area (Å²) in [5.41, 5.74) is 5.51.